The Balaban J connectivity index is 1.93. The summed E-state index contributed by atoms with van der Waals surface area (Å²) >= 11 is 0. The van der Waals surface area contributed by atoms with Crippen LogP contribution < -0.4 is 5.32 Å². The molecule has 1 atom stereocenters. The zero-order chi connectivity index (χ0) is 12.9. The summed E-state index contributed by atoms with van der Waals surface area (Å²) < 4.78 is 0. The van der Waals surface area contributed by atoms with E-state index < -0.39 is 5.54 Å². The van der Waals surface area contributed by atoms with E-state index in [4.69, 9.17) is 0 Å². The molecular weight excluding hydrogens is 228 g/mol. The van der Waals surface area contributed by atoms with Crippen molar-refractivity contribution in [3.63, 3.8) is 0 Å². The summed E-state index contributed by atoms with van der Waals surface area (Å²) in [6.45, 7) is 4.05. The molecule has 1 spiro atoms. The fourth-order valence-corrected chi connectivity index (χ4v) is 3.55. The molecule has 2 saturated carbocycles. The van der Waals surface area contributed by atoms with Crippen LogP contribution in [-0.2, 0) is 9.59 Å². The largest absolute Gasteiger partial charge is 0.340 e. The summed E-state index contributed by atoms with van der Waals surface area (Å²) in [5, 5.41) is 3.06. The van der Waals surface area contributed by atoms with Crippen LogP contribution in [0.4, 0.5) is 0 Å². The summed E-state index contributed by atoms with van der Waals surface area (Å²) in [6, 6.07) is 0.0737. The van der Waals surface area contributed by atoms with Crippen molar-refractivity contribution in [3.8, 4) is 0 Å². The SMILES string of the molecule is CC(C)C1C(=O)NC2(CCCC2)C(=O)N1C1CC1. The van der Waals surface area contributed by atoms with Gasteiger partial charge >= 0.3 is 0 Å². The van der Waals surface area contributed by atoms with E-state index in [0.29, 0.717) is 6.04 Å². The van der Waals surface area contributed by atoms with Gasteiger partial charge in [0.15, 0.2) is 0 Å². The van der Waals surface area contributed by atoms with E-state index in [1.54, 1.807) is 0 Å². The highest BCUT2D eigenvalue weighted by molar-refractivity contribution is 6.00. The average molecular weight is 250 g/mol. The predicted molar refractivity (Wildman–Crippen MR) is 67.8 cm³/mol. The first kappa shape index (κ1) is 12.0. The molecule has 1 N–H and O–H groups in total. The van der Waals surface area contributed by atoms with E-state index in [1.165, 1.54) is 0 Å². The molecule has 0 aromatic carbocycles. The van der Waals surface area contributed by atoms with Crippen LogP contribution in [0.5, 0.6) is 0 Å². The standard InChI is InChI=1S/C14H22N2O2/c1-9(2)11-12(17)15-14(7-3-4-8-14)13(18)16(11)10-5-6-10/h9-11H,3-8H2,1-2H3,(H,15,17). The fraction of sp³-hybridized carbons (Fsp3) is 0.857. The summed E-state index contributed by atoms with van der Waals surface area (Å²) in [5.74, 6) is 0.451. The van der Waals surface area contributed by atoms with Gasteiger partial charge in [-0.05, 0) is 31.6 Å². The number of carbonyl (C=O) groups is 2. The van der Waals surface area contributed by atoms with Crippen molar-refractivity contribution in [1.29, 1.82) is 0 Å². The molecule has 1 heterocycles. The van der Waals surface area contributed by atoms with Gasteiger partial charge in [-0.15, -0.1) is 0 Å². The zero-order valence-electron chi connectivity index (χ0n) is 11.2. The van der Waals surface area contributed by atoms with E-state index in [2.05, 4.69) is 5.32 Å². The Kier molecular flexibility index (Phi) is 2.65. The van der Waals surface area contributed by atoms with Gasteiger partial charge in [0, 0.05) is 6.04 Å². The van der Waals surface area contributed by atoms with Crippen LogP contribution in [0.15, 0.2) is 0 Å². The minimum atomic E-state index is -0.551. The smallest absolute Gasteiger partial charge is 0.249 e. The number of hydrogen-bond acceptors (Lipinski definition) is 2. The van der Waals surface area contributed by atoms with Gasteiger partial charge in [-0.25, -0.2) is 0 Å². The molecule has 0 aromatic rings. The first-order chi connectivity index (χ1) is 8.55. The molecule has 1 aliphatic heterocycles. The molecule has 0 bridgehead atoms. The third-order valence-electron chi connectivity index (χ3n) is 4.60. The molecule has 0 radical (unpaired) electrons. The lowest BCUT2D eigenvalue weighted by molar-refractivity contribution is -0.157. The Morgan fingerprint density at radius 3 is 2.33 bits per heavy atom. The first-order valence-corrected chi connectivity index (χ1v) is 7.20. The molecule has 1 unspecified atom stereocenters. The Morgan fingerprint density at radius 2 is 1.83 bits per heavy atom. The van der Waals surface area contributed by atoms with Gasteiger partial charge in [0.05, 0.1) is 0 Å². The van der Waals surface area contributed by atoms with Crippen LogP contribution in [0, 0.1) is 5.92 Å². The maximum atomic E-state index is 12.8. The average Bonchev–Trinajstić information content (AvgIpc) is 3.04. The lowest BCUT2D eigenvalue weighted by Crippen LogP contribution is -2.71. The Morgan fingerprint density at radius 1 is 1.22 bits per heavy atom. The summed E-state index contributed by atoms with van der Waals surface area (Å²) in [7, 11) is 0. The number of rotatable bonds is 2. The van der Waals surface area contributed by atoms with E-state index in [9.17, 15) is 9.59 Å². The minimum Gasteiger partial charge on any atom is -0.340 e. The molecule has 2 aliphatic carbocycles. The van der Waals surface area contributed by atoms with Gasteiger partial charge in [-0.1, -0.05) is 26.7 Å². The third-order valence-corrected chi connectivity index (χ3v) is 4.60. The molecule has 3 aliphatic rings. The first-order valence-electron chi connectivity index (χ1n) is 7.20. The van der Waals surface area contributed by atoms with Gasteiger partial charge in [-0.2, -0.15) is 0 Å². The van der Waals surface area contributed by atoms with Gasteiger partial charge in [0.2, 0.25) is 11.8 Å². The van der Waals surface area contributed by atoms with Crippen LogP contribution >= 0.6 is 0 Å². The lowest BCUT2D eigenvalue weighted by atomic mass is 9.87. The highest BCUT2D eigenvalue weighted by Gasteiger charge is 2.55. The number of nitrogens with one attached hydrogen (secondary N) is 1. The van der Waals surface area contributed by atoms with Crippen LogP contribution in [-0.4, -0.2) is 34.3 Å². The minimum absolute atomic E-state index is 0.0680. The summed E-state index contributed by atoms with van der Waals surface area (Å²) in [5.41, 5.74) is -0.551. The fourth-order valence-electron chi connectivity index (χ4n) is 3.55. The topological polar surface area (TPSA) is 49.4 Å². The molecule has 0 aromatic heterocycles. The molecule has 3 rings (SSSR count). The quantitative estimate of drug-likeness (QED) is 0.806. The number of piperazine rings is 1. The highest BCUT2D eigenvalue weighted by Crippen LogP contribution is 2.40. The van der Waals surface area contributed by atoms with Crippen molar-refractivity contribution in [3.05, 3.63) is 0 Å². The predicted octanol–water partition coefficient (Wildman–Crippen LogP) is 1.44. The molecule has 3 fully saturated rings. The molecule has 18 heavy (non-hydrogen) atoms. The van der Waals surface area contributed by atoms with Crippen molar-refractivity contribution >= 4 is 11.8 Å². The molecule has 1 saturated heterocycles. The molecule has 2 amide bonds. The van der Waals surface area contributed by atoms with Crippen molar-refractivity contribution in [2.75, 3.05) is 0 Å². The molecular formula is C14H22N2O2. The molecule has 100 valence electrons. The van der Waals surface area contributed by atoms with Crippen molar-refractivity contribution in [2.45, 2.75) is 70.0 Å². The summed E-state index contributed by atoms with van der Waals surface area (Å²) in [6.07, 6.45) is 5.89. The lowest BCUT2D eigenvalue weighted by Gasteiger charge is -2.46. The Hall–Kier alpha value is -1.06. The van der Waals surface area contributed by atoms with Gasteiger partial charge in [0.1, 0.15) is 11.6 Å². The Labute approximate surface area is 108 Å². The van der Waals surface area contributed by atoms with Crippen molar-refractivity contribution in [2.24, 2.45) is 5.92 Å². The van der Waals surface area contributed by atoms with E-state index in [1.807, 2.05) is 18.7 Å². The number of hydrogen-bond donors (Lipinski definition) is 1. The normalized spacial score (nSPS) is 31.3. The molecule has 4 nitrogen and oxygen atoms in total. The van der Waals surface area contributed by atoms with Crippen LogP contribution in [0.2, 0.25) is 0 Å². The maximum absolute atomic E-state index is 12.8. The van der Waals surface area contributed by atoms with Crippen molar-refractivity contribution in [1.82, 2.24) is 10.2 Å². The second-order valence-electron chi connectivity index (χ2n) is 6.41. The molecule has 4 heteroatoms. The monoisotopic (exact) mass is 250 g/mol. The van der Waals surface area contributed by atoms with Crippen LogP contribution in [0.1, 0.15) is 52.4 Å². The zero-order valence-corrected chi connectivity index (χ0v) is 11.2. The van der Waals surface area contributed by atoms with Gasteiger partial charge in [-0.3, -0.25) is 9.59 Å². The highest BCUT2D eigenvalue weighted by atomic mass is 16.2. The van der Waals surface area contributed by atoms with Crippen LogP contribution in [0.3, 0.4) is 0 Å². The second kappa shape index (κ2) is 3.97. The van der Waals surface area contributed by atoms with E-state index in [0.717, 1.165) is 38.5 Å². The van der Waals surface area contributed by atoms with Gasteiger partial charge < -0.3 is 10.2 Å². The van der Waals surface area contributed by atoms with E-state index in [-0.39, 0.29) is 23.8 Å². The van der Waals surface area contributed by atoms with Crippen LogP contribution in [0.25, 0.3) is 0 Å². The third kappa shape index (κ3) is 1.65. The Bertz CT molecular complexity index is 381. The number of carbonyl (C=O) groups excluding carboxylic acids is 2. The van der Waals surface area contributed by atoms with Gasteiger partial charge in [0.25, 0.3) is 0 Å². The summed E-state index contributed by atoms with van der Waals surface area (Å²) in [4.78, 5) is 27.1. The number of amides is 2. The number of nitrogens with zero attached hydrogens (tertiary/aromatic N) is 1. The maximum Gasteiger partial charge on any atom is 0.249 e. The second-order valence-corrected chi connectivity index (χ2v) is 6.41. The van der Waals surface area contributed by atoms with Crippen molar-refractivity contribution < 1.29 is 9.59 Å². The van der Waals surface area contributed by atoms with E-state index >= 15 is 0 Å².